The minimum atomic E-state index is -4.80. The Balaban J connectivity index is 4.73. The van der Waals surface area contributed by atoms with Gasteiger partial charge in [0.2, 0.25) is 0 Å². The van der Waals surface area contributed by atoms with Gasteiger partial charge in [-0.3, -0.25) is 23.4 Å². The van der Waals surface area contributed by atoms with Crippen LogP contribution in [0.3, 0.4) is 0 Å². The van der Waals surface area contributed by atoms with E-state index >= 15 is 0 Å². The van der Waals surface area contributed by atoms with Gasteiger partial charge in [0.25, 0.3) is 0 Å². The number of carboxylic acid groups (broad SMARTS) is 1. The number of allylic oxidation sites excluding steroid dienone is 11. The molecule has 60 heavy (non-hydrogen) atoms. The van der Waals surface area contributed by atoms with Gasteiger partial charge in [0, 0.05) is 12.8 Å². The molecule has 0 aliphatic rings. The molecule has 6 N–H and O–H groups in total. The molecule has 0 saturated heterocycles. The Morgan fingerprint density at radius 2 is 1.13 bits per heavy atom. The van der Waals surface area contributed by atoms with Crippen LogP contribution in [0.25, 0.3) is 0 Å². The molecule has 0 spiro atoms. The quantitative estimate of drug-likeness (QED) is 0.0128. The molecule has 0 aliphatic heterocycles. The summed E-state index contributed by atoms with van der Waals surface area (Å²) in [5.74, 6) is -2.73. The largest absolute Gasteiger partial charge is 0.480 e. The van der Waals surface area contributed by atoms with Crippen molar-refractivity contribution in [2.45, 2.75) is 167 Å². The fourth-order valence-corrected chi connectivity index (χ4v) is 6.05. The number of phosphoric ester groups is 1. The summed E-state index contributed by atoms with van der Waals surface area (Å²) < 4.78 is 32.4. The van der Waals surface area contributed by atoms with Crippen LogP contribution < -0.4 is 5.73 Å². The summed E-state index contributed by atoms with van der Waals surface area (Å²) in [6, 6.07) is -1.57. The Morgan fingerprint density at radius 3 is 1.78 bits per heavy atom. The van der Waals surface area contributed by atoms with Crippen molar-refractivity contribution >= 4 is 25.7 Å². The van der Waals surface area contributed by atoms with Crippen LogP contribution in [0.15, 0.2) is 85.1 Å². The number of aliphatic hydroxyl groups excluding tert-OH is 2. The number of carboxylic acids is 1. The number of aliphatic carboxylic acids is 1. The molecule has 0 aromatic carbocycles. The Bertz CT molecular complexity index is 1370. The van der Waals surface area contributed by atoms with Crippen LogP contribution in [-0.2, 0) is 37.5 Å². The van der Waals surface area contributed by atoms with Crippen molar-refractivity contribution < 1.29 is 57.7 Å². The molecule has 0 aromatic rings. The molecule has 1 unspecified atom stereocenters. The molecule has 0 radical (unpaired) electrons. The van der Waals surface area contributed by atoms with E-state index in [-0.39, 0.29) is 25.7 Å². The third kappa shape index (κ3) is 38.8. The second-order valence-electron chi connectivity index (χ2n) is 14.5. The normalized spacial score (nSPS) is 15.6. The minimum absolute atomic E-state index is 0.0927. The monoisotopic (exact) mass is 866 g/mol. The zero-order valence-corrected chi connectivity index (χ0v) is 37.1. The number of carbonyl (C=O) groups excluding carboxylic acids is 2. The maximum Gasteiger partial charge on any atom is 0.472 e. The number of nitrogens with two attached hydrogens (primary N) is 1. The summed E-state index contributed by atoms with van der Waals surface area (Å²) in [6.07, 6.45) is 41.4. The molecule has 5 atom stereocenters. The van der Waals surface area contributed by atoms with Gasteiger partial charge in [-0.15, -0.1) is 0 Å². The molecule has 0 fully saturated rings. The molecule has 14 heteroatoms. The highest BCUT2D eigenvalue weighted by molar-refractivity contribution is 7.47. The highest BCUT2D eigenvalue weighted by atomic mass is 31.2. The van der Waals surface area contributed by atoms with E-state index in [0.717, 1.165) is 32.1 Å². The van der Waals surface area contributed by atoms with E-state index in [1.54, 1.807) is 36.5 Å². The summed E-state index contributed by atoms with van der Waals surface area (Å²) in [5.41, 5.74) is 5.31. The predicted molar refractivity (Wildman–Crippen MR) is 238 cm³/mol. The number of esters is 2. The Kier molecular flexibility index (Phi) is 37.4. The van der Waals surface area contributed by atoms with Gasteiger partial charge < -0.3 is 35.4 Å². The first-order chi connectivity index (χ1) is 28.9. The average Bonchev–Trinajstić information content (AvgIpc) is 3.21. The van der Waals surface area contributed by atoms with E-state index in [2.05, 4.69) is 48.8 Å². The van der Waals surface area contributed by atoms with E-state index in [1.807, 2.05) is 18.2 Å². The Hall–Kier alpha value is -3.42. The molecule has 0 bridgehead atoms. The first-order valence-corrected chi connectivity index (χ1v) is 23.3. The molecule has 0 amide bonds. The van der Waals surface area contributed by atoms with Gasteiger partial charge in [0.1, 0.15) is 12.6 Å². The highest BCUT2D eigenvalue weighted by Crippen LogP contribution is 2.43. The summed E-state index contributed by atoms with van der Waals surface area (Å²) in [6.45, 7) is 2.41. The summed E-state index contributed by atoms with van der Waals surface area (Å²) in [4.78, 5) is 46.0. The fraction of sp³-hybridized carbons (Fsp3) is 0.630. The summed E-state index contributed by atoms with van der Waals surface area (Å²) in [7, 11) is -4.80. The summed E-state index contributed by atoms with van der Waals surface area (Å²) in [5, 5.41) is 29.2. The molecule has 0 aliphatic carbocycles. The number of ether oxygens (including phenoxy) is 2. The van der Waals surface area contributed by atoms with Gasteiger partial charge in [-0.05, 0) is 70.6 Å². The van der Waals surface area contributed by atoms with Gasteiger partial charge in [0.05, 0.1) is 25.4 Å². The lowest BCUT2D eigenvalue weighted by atomic mass is 10.1. The zero-order chi connectivity index (χ0) is 44.5. The SMILES string of the molecule is CCCCC/C=C\C[C@H](O)/C=C/C=C/C=C\[C@H](O)CCCC(=O)O[C@H](COC(=O)CCC/C=C\C/C=C\C/C=C\CCCCCCCC)COP(=O)(O)OC[C@H](N)C(=O)O. The number of hydrogen-bond acceptors (Lipinski definition) is 11. The van der Waals surface area contributed by atoms with Crippen molar-refractivity contribution in [3.8, 4) is 0 Å². The third-order valence-electron chi connectivity index (χ3n) is 8.81. The standard InChI is InChI=1S/C46H76NO12P/c1-3-5-7-9-11-12-13-14-15-16-17-18-19-20-21-23-29-35-44(50)56-37-42(38-57-60(54,55)58-39-43(47)46(52)53)59-45(51)36-30-34-41(49)33-28-25-24-27-32-40(48)31-26-22-10-8-6-4-2/h14-15,17-18,20-22,24-28,32-33,40-43,48-49H,3-13,16,19,23,29-31,34-39,47H2,1-2H3,(H,52,53)(H,54,55)/b15-14-,18-17-,21-20-,25-24+,26-22-,32-27+,33-28-/t40-,41-,42+,43-/m0/s1. The van der Waals surface area contributed by atoms with Crippen LogP contribution in [0.5, 0.6) is 0 Å². The maximum atomic E-state index is 12.6. The van der Waals surface area contributed by atoms with E-state index < -0.39 is 69.9 Å². The van der Waals surface area contributed by atoms with Crippen molar-refractivity contribution in [3.63, 3.8) is 0 Å². The smallest absolute Gasteiger partial charge is 0.472 e. The molecule has 342 valence electrons. The molecule has 0 saturated carbocycles. The van der Waals surface area contributed by atoms with Crippen LogP contribution in [0.2, 0.25) is 0 Å². The number of unbranched alkanes of at least 4 members (excludes halogenated alkanes) is 10. The third-order valence-corrected chi connectivity index (χ3v) is 9.76. The van der Waals surface area contributed by atoms with E-state index in [4.69, 9.17) is 24.8 Å². The molecule has 13 nitrogen and oxygen atoms in total. The maximum absolute atomic E-state index is 12.6. The lowest BCUT2D eigenvalue weighted by Crippen LogP contribution is -2.34. The van der Waals surface area contributed by atoms with Crippen LogP contribution >= 0.6 is 7.82 Å². The van der Waals surface area contributed by atoms with Gasteiger partial charge in [-0.25, -0.2) is 4.57 Å². The van der Waals surface area contributed by atoms with Gasteiger partial charge in [-0.2, -0.15) is 0 Å². The fourth-order valence-electron chi connectivity index (χ4n) is 5.27. The molecule has 0 rings (SSSR count). The Labute approximate surface area is 359 Å². The van der Waals surface area contributed by atoms with Gasteiger partial charge in [-0.1, -0.05) is 144 Å². The van der Waals surface area contributed by atoms with Crippen molar-refractivity contribution in [2.24, 2.45) is 5.73 Å². The highest BCUT2D eigenvalue weighted by Gasteiger charge is 2.28. The lowest BCUT2D eigenvalue weighted by molar-refractivity contribution is -0.161. The van der Waals surface area contributed by atoms with Crippen LogP contribution in [0.4, 0.5) is 0 Å². The second-order valence-corrected chi connectivity index (χ2v) is 16.0. The molecule has 0 aromatic heterocycles. The van der Waals surface area contributed by atoms with Crippen molar-refractivity contribution in [2.75, 3.05) is 19.8 Å². The topological polar surface area (TPSA) is 212 Å². The number of carbonyl (C=O) groups is 3. The van der Waals surface area contributed by atoms with Crippen LogP contribution in [-0.4, -0.2) is 82.3 Å². The van der Waals surface area contributed by atoms with Gasteiger partial charge >= 0.3 is 25.7 Å². The molecule has 0 heterocycles. The number of aliphatic hydroxyl groups is 2. The van der Waals surface area contributed by atoms with E-state index in [1.165, 1.54) is 51.4 Å². The number of hydrogen-bond donors (Lipinski definition) is 5. The first-order valence-electron chi connectivity index (χ1n) is 21.8. The van der Waals surface area contributed by atoms with E-state index in [9.17, 15) is 34.1 Å². The average molecular weight is 866 g/mol. The second kappa shape index (κ2) is 39.7. The van der Waals surface area contributed by atoms with Crippen LogP contribution in [0.1, 0.15) is 142 Å². The first kappa shape index (κ1) is 56.6. The number of phosphoric acid groups is 1. The van der Waals surface area contributed by atoms with Crippen molar-refractivity contribution in [1.82, 2.24) is 0 Å². The van der Waals surface area contributed by atoms with Crippen molar-refractivity contribution in [1.29, 1.82) is 0 Å². The van der Waals surface area contributed by atoms with Gasteiger partial charge in [0.15, 0.2) is 6.10 Å². The van der Waals surface area contributed by atoms with Crippen LogP contribution in [0, 0.1) is 0 Å². The molecular formula is C46H76NO12P. The molecular weight excluding hydrogens is 789 g/mol. The van der Waals surface area contributed by atoms with Crippen molar-refractivity contribution in [3.05, 3.63) is 85.1 Å². The lowest BCUT2D eigenvalue weighted by Gasteiger charge is -2.20. The minimum Gasteiger partial charge on any atom is -0.480 e. The Morgan fingerprint density at radius 1 is 0.617 bits per heavy atom. The summed E-state index contributed by atoms with van der Waals surface area (Å²) >= 11 is 0. The van der Waals surface area contributed by atoms with E-state index in [0.29, 0.717) is 19.3 Å². The number of rotatable bonds is 39. The predicted octanol–water partition coefficient (Wildman–Crippen LogP) is 9.44. The zero-order valence-electron chi connectivity index (χ0n) is 36.2.